The molecule has 1 aromatic rings. The molecule has 136 valence electrons. The Bertz CT molecular complexity index is 717. The van der Waals surface area contributed by atoms with Gasteiger partial charge in [-0.25, -0.2) is 9.38 Å². The van der Waals surface area contributed by atoms with Crippen molar-refractivity contribution in [1.82, 2.24) is 10.0 Å². The number of aliphatic imine (C=N–C) groups is 1. The van der Waals surface area contributed by atoms with Crippen LogP contribution in [0, 0.1) is 11.7 Å². The van der Waals surface area contributed by atoms with Crippen molar-refractivity contribution < 1.29 is 17.6 Å². The van der Waals surface area contributed by atoms with E-state index in [1.165, 1.54) is 35.9 Å². The average Bonchev–Trinajstić information content (AvgIpc) is 3.37. The largest absolute Gasteiger partial charge is 0.410 e. The van der Waals surface area contributed by atoms with E-state index in [0.717, 1.165) is 18.7 Å². The van der Waals surface area contributed by atoms with Crippen LogP contribution in [0.1, 0.15) is 19.8 Å². The van der Waals surface area contributed by atoms with E-state index < -0.39 is 24.1 Å². The van der Waals surface area contributed by atoms with E-state index in [9.17, 15) is 17.6 Å². The number of piperazine rings is 1. The number of anilines is 1. The van der Waals surface area contributed by atoms with Crippen molar-refractivity contribution in [3.8, 4) is 0 Å². The van der Waals surface area contributed by atoms with Crippen LogP contribution in [0.25, 0.3) is 0 Å². The van der Waals surface area contributed by atoms with Gasteiger partial charge in [0, 0.05) is 25.0 Å². The summed E-state index contributed by atoms with van der Waals surface area (Å²) in [5, 5.41) is 2.86. The zero-order valence-electron chi connectivity index (χ0n) is 13.5. The Morgan fingerprint density at radius 1 is 1.28 bits per heavy atom. The number of benzene rings is 1. The summed E-state index contributed by atoms with van der Waals surface area (Å²) >= 11 is 1.22. The summed E-state index contributed by atoms with van der Waals surface area (Å²) in [5.41, 5.74) is 0.660. The number of alkyl halides is 3. The van der Waals surface area contributed by atoms with E-state index in [0.29, 0.717) is 23.0 Å². The summed E-state index contributed by atoms with van der Waals surface area (Å²) < 4.78 is 58.1. The van der Waals surface area contributed by atoms with Gasteiger partial charge in [-0.3, -0.25) is 0 Å². The first-order valence-corrected chi connectivity index (χ1v) is 9.08. The highest BCUT2D eigenvalue weighted by Gasteiger charge is 2.49. The smallest absolute Gasteiger partial charge is 0.355 e. The van der Waals surface area contributed by atoms with Crippen LogP contribution in [0.4, 0.5) is 28.9 Å². The highest BCUT2D eigenvalue weighted by atomic mass is 32.2. The Morgan fingerprint density at radius 2 is 2.04 bits per heavy atom. The van der Waals surface area contributed by atoms with E-state index in [1.54, 1.807) is 0 Å². The normalized spacial score (nSPS) is 26.8. The molecular formula is C16H18F4N4S. The second-order valence-electron chi connectivity index (χ2n) is 6.67. The SMILES string of the molecule is C[C@H]1NCCN(c2cc(F)cc3c2N=C(C2CC2)NS3)[C@H]1C(F)(F)F. The van der Waals surface area contributed by atoms with Crippen LogP contribution in [0.15, 0.2) is 22.0 Å². The minimum absolute atomic E-state index is 0.150. The number of hydrogen-bond acceptors (Lipinski definition) is 5. The van der Waals surface area contributed by atoms with Gasteiger partial charge in [0.2, 0.25) is 0 Å². The third-order valence-corrected chi connectivity index (χ3v) is 5.60. The first kappa shape index (κ1) is 17.0. The molecule has 4 nitrogen and oxygen atoms in total. The highest BCUT2D eigenvalue weighted by molar-refractivity contribution is 7.98. The van der Waals surface area contributed by atoms with Gasteiger partial charge in [-0.2, -0.15) is 13.2 Å². The maximum atomic E-state index is 14.1. The molecule has 0 radical (unpaired) electrons. The first-order valence-electron chi connectivity index (χ1n) is 8.26. The van der Waals surface area contributed by atoms with Gasteiger partial charge < -0.3 is 14.9 Å². The zero-order valence-corrected chi connectivity index (χ0v) is 14.3. The van der Waals surface area contributed by atoms with Crippen molar-refractivity contribution in [2.45, 2.75) is 42.9 Å². The van der Waals surface area contributed by atoms with Crippen LogP contribution in [0.3, 0.4) is 0 Å². The molecule has 2 fully saturated rings. The fourth-order valence-electron chi connectivity index (χ4n) is 3.42. The van der Waals surface area contributed by atoms with Crippen molar-refractivity contribution in [3.63, 3.8) is 0 Å². The maximum absolute atomic E-state index is 14.1. The number of hydrogen-bond donors (Lipinski definition) is 2. The van der Waals surface area contributed by atoms with Gasteiger partial charge in [0.15, 0.2) is 0 Å². The molecule has 2 N–H and O–H groups in total. The van der Waals surface area contributed by atoms with E-state index in [1.807, 2.05) is 0 Å². The quantitative estimate of drug-likeness (QED) is 0.613. The van der Waals surface area contributed by atoms with Gasteiger partial charge in [0.1, 0.15) is 23.4 Å². The number of rotatable bonds is 2. The number of halogens is 4. The lowest BCUT2D eigenvalue weighted by atomic mass is 10.0. The molecule has 1 saturated heterocycles. The van der Waals surface area contributed by atoms with Crippen molar-refractivity contribution in [2.24, 2.45) is 10.9 Å². The lowest BCUT2D eigenvalue weighted by Crippen LogP contribution is -2.62. The van der Waals surface area contributed by atoms with E-state index in [2.05, 4.69) is 15.0 Å². The van der Waals surface area contributed by atoms with Crippen LogP contribution in [0.2, 0.25) is 0 Å². The number of fused-ring (bicyclic) bond motifs is 1. The fourth-order valence-corrected chi connectivity index (χ4v) is 4.26. The molecule has 4 rings (SSSR count). The molecule has 0 spiro atoms. The third kappa shape index (κ3) is 3.19. The lowest BCUT2D eigenvalue weighted by Gasteiger charge is -2.43. The number of amidine groups is 1. The zero-order chi connectivity index (χ0) is 17.8. The van der Waals surface area contributed by atoms with Crippen molar-refractivity contribution in [1.29, 1.82) is 0 Å². The van der Waals surface area contributed by atoms with E-state index in [-0.39, 0.29) is 12.2 Å². The van der Waals surface area contributed by atoms with Crippen LogP contribution in [0.5, 0.6) is 0 Å². The third-order valence-electron chi connectivity index (χ3n) is 4.75. The molecular weight excluding hydrogens is 356 g/mol. The second kappa shape index (κ2) is 6.05. The molecule has 0 amide bonds. The predicted octanol–water partition coefficient (Wildman–Crippen LogP) is 3.61. The van der Waals surface area contributed by atoms with Gasteiger partial charge in [0.25, 0.3) is 0 Å². The van der Waals surface area contributed by atoms with Crippen molar-refractivity contribution in [2.75, 3.05) is 18.0 Å². The minimum Gasteiger partial charge on any atom is -0.355 e. The lowest BCUT2D eigenvalue weighted by molar-refractivity contribution is -0.156. The Balaban J connectivity index is 1.80. The molecule has 2 heterocycles. The average molecular weight is 374 g/mol. The fraction of sp³-hybridized carbons (Fsp3) is 0.562. The van der Waals surface area contributed by atoms with E-state index in [4.69, 9.17) is 0 Å². The monoisotopic (exact) mass is 374 g/mol. The molecule has 0 aromatic heterocycles. The molecule has 1 aliphatic carbocycles. The Hall–Kier alpha value is -1.48. The summed E-state index contributed by atoms with van der Waals surface area (Å²) in [7, 11) is 0. The summed E-state index contributed by atoms with van der Waals surface area (Å²) in [6.45, 7) is 2.06. The summed E-state index contributed by atoms with van der Waals surface area (Å²) in [6, 6.07) is -0.00605. The first-order chi connectivity index (χ1) is 11.8. The van der Waals surface area contributed by atoms with Gasteiger partial charge >= 0.3 is 6.18 Å². The summed E-state index contributed by atoms with van der Waals surface area (Å²) in [6.07, 6.45) is -2.38. The number of nitrogens with zero attached hydrogens (tertiary/aromatic N) is 2. The van der Waals surface area contributed by atoms with Crippen molar-refractivity contribution >= 4 is 29.2 Å². The summed E-state index contributed by atoms with van der Waals surface area (Å²) in [4.78, 5) is 6.33. The molecule has 0 unspecified atom stereocenters. The van der Waals surface area contributed by atoms with Gasteiger partial charge in [-0.15, -0.1) is 0 Å². The molecule has 1 aromatic carbocycles. The topological polar surface area (TPSA) is 39.7 Å². The van der Waals surface area contributed by atoms with Gasteiger partial charge in [-0.1, -0.05) is 0 Å². The van der Waals surface area contributed by atoms with Crippen molar-refractivity contribution in [3.05, 3.63) is 17.9 Å². The highest BCUT2D eigenvalue weighted by Crippen LogP contribution is 2.45. The molecule has 1 saturated carbocycles. The van der Waals surface area contributed by atoms with Gasteiger partial charge in [0.05, 0.1) is 10.6 Å². The van der Waals surface area contributed by atoms with Gasteiger partial charge in [-0.05, 0) is 43.8 Å². The molecule has 9 heteroatoms. The standard InChI is InChI=1S/C16H18F4N4S/c1-8-14(16(18,19)20)24(5-4-21-8)11-6-10(17)7-12-13(11)22-15(23-25-12)9-2-3-9/h6-9,14,21H,2-5H2,1H3,(H,22,23)/t8-,14-/m1/s1. The predicted molar refractivity (Wildman–Crippen MR) is 89.9 cm³/mol. The van der Waals surface area contributed by atoms with E-state index >= 15 is 0 Å². The van der Waals surface area contributed by atoms with Crippen LogP contribution >= 0.6 is 11.9 Å². The molecule has 2 atom stereocenters. The Labute approximate surface area is 147 Å². The van der Waals surface area contributed by atoms with Crippen LogP contribution in [-0.2, 0) is 0 Å². The minimum atomic E-state index is -4.42. The Kier molecular flexibility index (Phi) is 4.10. The molecule has 2 aliphatic heterocycles. The maximum Gasteiger partial charge on any atom is 0.410 e. The number of nitrogens with one attached hydrogen (secondary N) is 2. The molecule has 3 aliphatic rings. The van der Waals surface area contributed by atoms with Crippen LogP contribution < -0.4 is 14.9 Å². The Morgan fingerprint density at radius 3 is 2.72 bits per heavy atom. The molecule has 25 heavy (non-hydrogen) atoms. The van der Waals surface area contributed by atoms with Crippen LogP contribution in [-0.4, -0.2) is 37.2 Å². The summed E-state index contributed by atoms with van der Waals surface area (Å²) in [5.74, 6) is 0.552. The second-order valence-corrected chi connectivity index (χ2v) is 7.52. The molecule has 0 bridgehead atoms.